The highest BCUT2D eigenvalue weighted by Gasteiger charge is 2.33. The molecule has 0 bridgehead atoms. The van der Waals surface area contributed by atoms with Crippen LogP contribution in [0.3, 0.4) is 0 Å². The van der Waals surface area contributed by atoms with Crippen LogP contribution in [0.4, 0.5) is 11.6 Å². The van der Waals surface area contributed by atoms with Crippen molar-refractivity contribution in [3.63, 3.8) is 0 Å². The molecule has 1 aliphatic rings. The van der Waals surface area contributed by atoms with E-state index in [9.17, 15) is 9.59 Å². The van der Waals surface area contributed by atoms with Gasteiger partial charge >= 0.3 is 0 Å². The number of hydrogen-bond acceptors (Lipinski definition) is 4. The number of carbonyl (C=O) groups excluding carboxylic acids is 2. The average Bonchev–Trinajstić information content (AvgIpc) is 3.04. The molecule has 7 heteroatoms. The number of amides is 2. The number of aryl methyl sites for hydroxylation is 1. The van der Waals surface area contributed by atoms with Crippen molar-refractivity contribution >= 4 is 34.5 Å². The maximum absolute atomic E-state index is 13.0. The molecule has 0 saturated carbocycles. The zero-order valence-corrected chi connectivity index (χ0v) is 15.9. The molecule has 0 saturated heterocycles. The van der Waals surface area contributed by atoms with Gasteiger partial charge in [0.2, 0.25) is 11.9 Å². The smallest absolute Gasteiger partial charge is 0.269 e. The van der Waals surface area contributed by atoms with Gasteiger partial charge in [0.05, 0.1) is 23.3 Å². The van der Waals surface area contributed by atoms with Crippen molar-refractivity contribution in [3.05, 3.63) is 48.5 Å². The van der Waals surface area contributed by atoms with Crippen LogP contribution < -0.4 is 15.0 Å². The van der Waals surface area contributed by atoms with Gasteiger partial charge in [0.1, 0.15) is 5.75 Å². The van der Waals surface area contributed by atoms with E-state index in [4.69, 9.17) is 4.74 Å². The van der Waals surface area contributed by atoms with E-state index in [2.05, 4.69) is 17.2 Å². The fourth-order valence-corrected chi connectivity index (χ4v) is 3.48. The lowest BCUT2D eigenvalue weighted by Gasteiger charge is -2.33. The number of benzene rings is 2. The molecule has 0 radical (unpaired) electrons. The van der Waals surface area contributed by atoms with E-state index in [0.29, 0.717) is 17.4 Å². The molecule has 4 rings (SSSR count). The fraction of sp³-hybridized carbons (Fsp3) is 0.286. The number of anilines is 2. The minimum Gasteiger partial charge on any atom is -0.476 e. The maximum Gasteiger partial charge on any atom is 0.269 e. The summed E-state index contributed by atoms with van der Waals surface area (Å²) in [6.45, 7) is 4.46. The van der Waals surface area contributed by atoms with Crippen molar-refractivity contribution in [2.24, 2.45) is 0 Å². The molecule has 1 N–H and O–H groups in total. The molecule has 28 heavy (non-hydrogen) atoms. The lowest BCUT2D eigenvalue weighted by atomic mass is 10.1. The number of rotatable bonds is 4. The molecule has 0 spiro atoms. The van der Waals surface area contributed by atoms with E-state index in [-0.39, 0.29) is 18.4 Å². The first-order valence-electron chi connectivity index (χ1n) is 9.38. The van der Waals surface area contributed by atoms with E-state index in [1.165, 1.54) is 6.92 Å². The summed E-state index contributed by atoms with van der Waals surface area (Å²) in [5.74, 6) is 0.552. The standard InChI is InChI=1S/C21H22N4O3/c1-3-12-24-16-9-5-4-8-15(16)22-21(24)23-20(27)19-13-25(14(2)26)17-10-6-7-11-18(17)28-19/h4-11,19H,3,12-13H2,1-2H3,(H,22,23,27)/t19-/m1/s1. The van der Waals surface area contributed by atoms with Crippen molar-refractivity contribution in [2.45, 2.75) is 32.9 Å². The quantitative estimate of drug-likeness (QED) is 0.756. The Morgan fingerprint density at radius 3 is 2.71 bits per heavy atom. The summed E-state index contributed by atoms with van der Waals surface area (Å²) in [5.41, 5.74) is 2.48. The normalized spacial score (nSPS) is 15.8. The topological polar surface area (TPSA) is 76.5 Å². The zero-order valence-electron chi connectivity index (χ0n) is 15.9. The van der Waals surface area contributed by atoms with Crippen LogP contribution in [0, 0.1) is 0 Å². The molecule has 1 aliphatic heterocycles. The Labute approximate surface area is 162 Å². The van der Waals surface area contributed by atoms with Crippen molar-refractivity contribution in [1.29, 1.82) is 0 Å². The number of ether oxygens (including phenoxy) is 1. The molecule has 0 unspecified atom stereocenters. The minimum atomic E-state index is -0.811. The number of fused-ring (bicyclic) bond motifs is 2. The molecule has 2 heterocycles. The highest BCUT2D eigenvalue weighted by atomic mass is 16.5. The van der Waals surface area contributed by atoms with Gasteiger partial charge in [-0.15, -0.1) is 0 Å². The van der Waals surface area contributed by atoms with Crippen LogP contribution in [0.25, 0.3) is 11.0 Å². The number of aromatic nitrogens is 2. The predicted molar refractivity (Wildman–Crippen MR) is 108 cm³/mol. The lowest BCUT2D eigenvalue weighted by molar-refractivity contribution is -0.123. The first-order chi connectivity index (χ1) is 13.6. The van der Waals surface area contributed by atoms with Gasteiger partial charge in [-0.2, -0.15) is 0 Å². The van der Waals surface area contributed by atoms with E-state index >= 15 is 0 Å². The number of nitrogens with one attached hydrogen (secondary N) is 1. The van der Waals surface area contributed by atoms with Crippen LogP contribution in [0.1, 0.15) is 20.3 Å². The summed E-state index contributed by atoms with van der Waals surface area (Å²) in [6, 6.07) is 15.0. The van der Waals surface area contributed by atoms with Gasteiger partial charge in [-0.3, -0.25) is 14.9 Å². The molecule has 7 nitrogen and oxygen atoms in total. The van der Waals surface area contributed by atoms with Crippen molar-refractivity contribution in [1.82, 2.24) is 9.55 Å². The second kappa shape index (κ2) is 7.34. The Bertz CT molecular complexity index is 1040. The largest absolute Gasteiger partial charge is 0.476 e. The Morgan fingerprint density at radius 1 is 1.18 bits per heavy atom. The summed E-state index contributed by atoms with van der Waals surface area (Å²) in [5, 5.41) is 2.89. The molecular weight excluding hydrogens is 356 g/mol. The number of carbonyl (C=O) groups is 2. The predicted octanol–water partition coefficient (Wildman–Crippen LogP) is 3.20. The van der Waals surface area contributed by atoms with Crippen molar-refractivity contribution < 1.29 is 14.3 Å². The van der Waals surface area contributed by atoms with E-state index in [1.54, 1.807) is 11.0 Å². The fourth-order valence-electron chi connectivity index (χ4n) is 3.48. The molecular formula is C21H22N4O3. The zero-order chi connectivity index (χ0) is 19.7. The third kappa shape index (κ3) is 3.19. The van der Waals surface area contributed by atoms with Crippen LogP contribution >= 0.6 is 0 Å². The summed E-state index contributed by atoms with van der Waals surface area (Å²) in [7, 11) is 0. The molecule has 0 fully saturated rings. The van der Waals surface area contributed by atoms with Gasteiger partial charge < -0.3 is 14.2 Å². The number of nitrogens with zero attached hydrogens (tertiary/aromatic N) is 3. The highest BCUT2D eigenvalue weighted by Crippen LogP contribution is 2.33. The molecule has 0 aliphatic carbocycles. The second-order valence-electron chi connectivity index (χ2n) is 6.77. The highest BCUT2D eigenvalue weighted by molar-refractivity contribution is 5.99. The first kappa shape index (κ1) is 18.0. The van der Waals surface area contributed by atoms with Crippen LogP contribution in [0.2, 0.25) is 0 Å². The molecule has 144 valence electrons. The molecule has 2 amide bonds. The Hall–Kier alpha value is -3.35. The van der Waals surface area contributed by atoms with Crippen LogP contribution in [0.15, 0.2) is 48.5 Å². The van der Waals surface area contributed by atoms with Crippen molar-refractivity contribution in [3.8, 4) is 5.75 Å². The van der Waals surface area contributed by atoms with Gasteiger partial charge in [-0.25, -0.2) is 4.98 Å². The molecule has 2 aromatic carbocycles. The van der Waals surface area contributed by atoms with Gasteiger partial charge in [0.15, 0.2) is 6.10 Å². The Balaban J connectivity index is 1.62. The second-order valence-corrected chi connectivity index (χ2v) is 6.77. The van der Waals surface area contributed by atoms with E-state index in [0.717, 1.165) is 24.0 Å². The first-order valence-corrected chi connectivity index (χ1v) is 9.38. The third-order valence-corrected chi connectivity index (χ3v) is 4.78. The molecule has 1 atom stereocenters. The third-order valence-electron chi connectivity index (χ3n) is 4.78. The molecule has 1 aromatic heterocycles. The van der Waals surface area contributed by atoms with Crippen molar-refractivity contribution in [2.75, 3.05) is 16.8 Å². The van der Waals surface area contributed by atoms with Crippen LogP contribution in [-0.4, -0.2) is 34.0 Å². The Morgan fingerprint density at radius 2 is 1.93 bits per heavy atom. The summed E-state index contributed by atoms with van der Waals surface area (Å²) < 4.78 is 7.87. The molecule has 3 aromatic rings. The van der Waals surface area contributed by atoms with Gasteiger partial charge in [0.25, 0.3) is 5.91 Å². The van der Waals surface area contributed by atoms with Gasteiger partial charge in [0, 0.05) is 13.5 Å². The summed E-state index contributed by atoms with van der Waals surface area (Å²) in [4.78, 5) is 31.1. The van der Waals surface area contributed by atoms with Gasteiger partial charge in [-0.1, -0.05) is 31.2 Å². The minimum absolute atomic E-state index is 0.133. The van der Waals surface area contributed by atoms with Gasteiger partial charge in [-0.05, 0) is 30.7 Å². The SMILES string of the molecule is CCCn1c(NC(=O)[C@H]2CN(C(C)=O)c3ccccc3O2)nc2ccccc21. The van der Waals surface area contributed by atoms with E-state index in [1.807, 2.05) is 47.0 Å². The summed E-state index contributed by atoms with van der Waals surface area (Å²) in [6.07, 6.45) is 0.1000. The number of hydrogen-bond donors (Lipinski definition) is 1. The number of para-hydroxylation sites is 4. The maximum atomic E-state index is 13.0. The van der Waals surface area contributed by atoms with Crippen LogP contribution in [-0.2, 0) is 16.1 Å². The lowest BCUT2D eigenvalue weighted by Crippen LogP contribution is -2.48. The average molecular weight is 378 g/mol. The summed E-state index contributed by atoms with van der Waals surface area (Å²) >= 11 is 0. The monoisotopic (exact) mass is 378 g/mol. The van der Waals surface area contributed by atoms with E-state index < -0.39 is 6.10 Å². The Kier molecular flexibility index (Phi) is 4.73. The number of imidazole rings is 1. The van der Waals surface area contributed by atoms with Crippen LogP contribution in [0.5, 0.6) is 5.75 Å².